The third-order valence-electron chi connectivity index (χ3n) is 3.20. The Kier molecular flexibility index (Phi) is 4.75. The van der Waals surface area contributed by atoms with E-state index in [1.54, 1.807) is 32.0 Å². The molecule has 0 saturated carbocycles. The molecule has 0 radical (unpaired) electrons. The number of amides is 1. The molecular formula is C16H18FNO3. The minimum absolute atomic E-state index is 0.206. The van der Waals surface area contributed by atoms with Gasteiger partial charge in [0.1, 0.15) is 11.6 Å². The van der Waals surface area contributed by atoms with Gasteiger partial charge in [0.05, 0.1) is 12.6 Å². The Morgan fingerprint density at radius 1 is 1.33 bits per heavy atom. The van der Waals surface area contributed by atoms with Crippen molar-refractivity contribution in [2.45, 2.75) is 26.3 Å². The molecule has 5 heteroatoms. The molecule has 1 atom stereocenters. The molecule has 1 amide bonds. The first-order valence-corrected chi connectivity index (χ1v) is 6.73. The summed E-state index contributed by atoms with van der Waals surface area (Å²) in [4.78, 5) is 12.1. The van der Waals surface area contributed by atoms with Crippen molar-refractivity contribution >= 4 is 5.91 Å². The van der Waals surface area contributed by atoms with Crippen molar-refractivity contribution in [2.75, 3.05) is 6.61 Å². The van der Waals surface area contributed by atoms with E-state index in [0.717, 1.165) is 11.1 Å². The number of benzene rings is 1. The van der Waals surface area contributed by atoms with E-state index in [1.807, 2.05) is 0 Å². The van der Waals surface area contributed by atoms with Crippen LogP contribution in [-0.2, 0) is 6.42 Å². The van der Waals surface area contributed by atoms with Gasteiger partial charge < -0.3 is 14.8 Å². The molecule has 112 valence electrons. The van der Waals surface area contributed by atoms with Crippen LogP contribution in [0, 0.1) is 19.7 Å². The molecule has 4 nitrogen and oxygen atoms in total. The molecule has 0 spiro atoms. The van der Waals surface area contributed by atoms with Gasteiger partial charge in [0, 0.05) is 5.56 Å². The van der Waals surface area contributed by atoms with Crippen LogP contribution in [-0.4, -0.2) is 23.7 Å². The minimum atomic E-state index is -0.451. The Hall–Kier alpha value is -2.14. The van der Waals surface area contributed by atoms with Gasteiger partial charge in [-0.25, -0.2) is 4.39 Å². The monoisotopic (exact) mass is 291 g/mol. The van der Waals surface area contributed by atoms with Crippen LogP contribution in [0.2, 0.25) is 0 Å². The van der Waals surface area contributed by atoms with Crippen LogP contribution < -0.4 is 5.32 Å². The second-order valence-corrected chi connectivity index (χ2v) is 5.05. The van der Waals surface area contributed by atoms with Crippen molar-refractivity contribution in [2.24, 2.45) is 0 Å². The Labute approximate surface area is 122 Å². The summed E-state index contributed by atoms with van der Waals surface area (Å²) in [6, 6.07) is 7.30. The minimum Gasteiger partial charge on any atom is -0.456 e. The number of halogens is 1. The van der Waals surface area contributed by atoms with Crippen molar-refractivity contribution in [1.29, 1.82) is 0 Å². The number of aliphatic hydroxyl groups is 1. The summed E-state index contributed by atoms with van der Waals surface area (Å²) >= 11 is 0. The summed E-state index contributed by atoms with van der Waals surface area (Å²) in [7, 11) is 0. The predicted octanol–water partition coefficient (Wildman–Crippen LogP) is 2.37. The van der Waals surface area contributed by atoms with Crippen LogP contribution in [0.5, 0.6) is 0 Å². The quantitative estimate of drug-likeness (QED) is 0.889. The first kappa shape index (κ1) is 15.3. The molecule has 0 fully saturated rings. The third kappa shape index (κ3) is 3.92. The number of hydrogen-bond acceptors (Lipinski definition) is 3. The van der Waals surface area contributed by atoms with Gasteiger partial charge in [-0.3, -0.25) is 4.79 Å². The molecular weight excluding hydrogens is 273 g/mol. The van der Waals surface area contributed by atoms with Gasteiger partial charge in [0.2, 0.25) is 0 Å². The summed E-state index contributed by atoms with van der Waals surface area (Å²) in [5.41, 5.74) is 1.59. The van der Waals surface area contributed by atoms with E-state index >= 15 is 0 Å². The van der Waals surface area contributed by atoms with Crippen LogP contribution >= 0.6 is 0 Å². The third-order valence-corrected chi connectivity index (χ3v) is 3.20. The average Bonchev–Trinajstić information content (AvgIpc) is 2.79. The van der Waals surface area contributed by atoms with Crippen molar-refractivity contribution in [1.82, 2.24) is 5.32 Å². The first-order chi connectivity index (χ1) is 9.99. The maximum atomic E-state index is 12.9. The topological polar surface area (TPSA) is 62.5 Å². The fourth-order valence-electron chi connectivity index (χ4n) is 2.18. The van der Waals surface area contributed by atoms with Gasteiger partial charge in [0.25, 0.3) is 5.91 Å². The number of carbonyl (C=O) groups excluding carboxylic acids is 1. The zero-order valence-electron chi connectivity index (χ0n) is 12.0. The predicted molar refractivity (Wildman–Crippen MR) is 76.6 cm³/mol. The molecule has 1 aromatic heterocycles. The zero-order chi connectivity index (χ0) is 15.4. The number of aryl methyl sites for hydroxylation is 2. The molecule has 1 aromatic carbocycles. The normalized spacial score (nSPS) is 12.2. The summed E-state index contributed by atoms with van der Waals surface area (Å²) < 4.78 is 18.2. The highest BCUT2D eigenvalue weighted by atomic mass is 19.1. The van der Waals surface area contributed by atoms with Gasteiger partial charge >= 0.3 is 0 Å². The molecule has 2 N–H and O–H groups in total. The molecule has 0 aliphatic rings. The van der Waals surface area contributed by atoms with Gasteiger partial charge in [0.15, 0.2) is 5.76 Å². The Bertz CT molecular complexity index is 619. The Morgan fingerprint density at radius 3 is 2.52 bits per heavy atom. The SMILES string of the molecule is Cc1cc(C)c(C(=O)N[C@H](CO)Cc2ccc(F)cc2)o1. The molecule has 2 rings (SSSR count). The summed E-state index contributed by atoms with van der Waals surface area (Å²) in [6.07, 6.45) is 0.418. The number of aliphatic hydroxyl groups excluding tert-OH is 1. The van der Waals surface area contributed by atoms with Crippen molar-refractivity contribution in [3.63, 3.8) is 0 Å². The van der Waals surface area contributed by atoms with Crippen molar-refractivity contribution in [3.8, 4) is 0 Å². The van der Waals surface area contributed by atoms with Crippen LogP contribution in [0.25, 0.3) is 0 Å². The number of carbonyl (C=O) groups is 1. The molecule has 0 saturated heterocycles. The molecule has 0 aliphatic carbocycles. The molecule has 1 heterocycles. The van der Waals surface area contributed by atoms with Crippen molar-refractivity contribution in [3.05, 3.63) is 58.8 Å². The standard InChI is InChI=1S/C16H18FNO3/c1-10-7-11(2)21-15(10)16(20)18-14(9-19)8-12-3-5-13(17)6-4-12/h3-7,14,19H,8-9H2,1-2H3,(H,18,20)/t14-/m0/s1. The van der Waals surface area contributed by atoms with Crippen LogP contribution in [0.4, 0.5) is 4.39 Å². The lowest BCUT2D eigenvalue weighted by atomic mass is 10.1. The zero-order valence-corrected chi connectivity index (χ0v) is 12.0. The van der Waals surface area contributed by atoms with Crippen molar-refractivity contribution < 1.29 is 18.7 Å². The van der Waals surface area contributed by atoms with E-state index in [9.17, 15) is 14.3 Å². The van der Waals surface area contributed by atoms with Crippen LogP contribution in [0.1, 0.15) is 27.4 Å². The second-order valence-electron chi connectivity index (χ2n) is 5.05. The van der Waals surface area contributed by atoms with Gasteiger partial charge in [-0.15, -0.1) is 0 Å². The molecule has 21 heavy (non-hydrogen) atoms. The van der Waals surface area contributed by atoms with E-state index in [4.69, 9.17) is 4.42 Å². The highest BCUT2D eigenvalue weighted by molar-refractivity contribution is 5.93. The first-order valence-electron chi connectivity index (χ1n) is 6.73. The van der Waals surface area contributed by atoms with Gasteiger partial charge in [-0.05, 0) is 44.0 Å². The lowest BCUT2D eigenvalue weighted by Gasteiger charge is -2.16. The number of furan rings is 1. The fourth-order valence-corrected chi connectivity index (χ4v) is 2.18. The van der Waals surface area contributed by atoms with E-state index < -0.39 is 6.04 Å². The smallest absolute Gasteiger partial charge is 0.287 e. The lowest BCUT2D eigenvalue weighted by Crippen LogP contribution is -2.39. The number of nitrogens with one attached hydrogen (secondary N) is 1. The molecule has 0 unspecified atom stereocenters. The molecule has 2 aromatic rings. The molecule has 0 bridgehead atoms. The van der Waals surface area contributed by atoms with Gasteiger partial charge in [-0.1, -0.05) is 12.1 Å². The molecule has 0 aliphatic heterocycles. The summed E-state index contributed by atoms with van der Waals surface area (Å²) in [5.74, 6) is 0.244. The van der Waals surface area contributed by atoms with Crippen LogP contribution in [0.15, 0.2) is 34.7 Å². The maximum absolute atomic E-state index is 12.9. The largest absolute Gasteiger partial charge is 0.456 e. The highest BCUT2D eigenvalue weighted by Crippen LogP contribution is 2.14. The summed E-state index contributed by atoms with van der Waals surface area (Å²) in [6.45, 7) is 3.35. The van der Waals surface area contributed by atoms with Crippen LogP contribution in [0.3, 0.4) is 0 Å². The summed E-state index contributed by atoms with van der Waals surface area (Å²) in [5, 5.41) is 12.1. The second kappa shape index (κ2) is 6.54. The average molecular weight is 291 g/mol. The lowest BCUT2D eigenvalue weighted by molar-refractivity contribution is 0.0886. The van der Waals surface area contributed by atoms with E-state index in [1.165, 1.54) is 12.1 Å². The Morgan fingerprint density at radius 2 is 2.00 bits per heavy atom. The highest BCUT2D eigenvalue weighted by Gasteiger charge is 2.18. The van der Waals surface area contributed by atoms with Gasteiger partial charge in [-0.2, -0.15) is 0 Å². The fraction of sp³-hybridized carbons (Fsp3) is 0.312. The Balaban J connectivity index is 2.03. The maximum Gasteiger partial charge on any atom is 0.287 e. The van der Waals surface area contributed by atoms with E-state index in [-0.39, 0.29) is 24.1 Å². The number of rotatable bonds is 5. The number of hydrogen-bond donors (Lipinski definition) is 2. The van der Waals surface area contributed by atoms with E-state index in [2.05, 4.69) is 5.32 Å². The van der Waals surface area contributed by atoms with E-state index in [0.29, 0.717) is 12.2 Å².